The normalized spacial score (nSPS) is 17.7. The molecule has 0 heterocycles. The molecule has 100 valence electrons. The van der Waals surface area contributed by atoms with Crippen LogP contribution in [0.5, 0.6) is 0 Å². The average Bonchev–Trinajstić information content (AvgIpc) is 3.11. The molecule has 2 rings (SSSR count). The molecule has 18 heavy (non-hydrogen) atoms. The lowest BCUT2D eigenvalue weighted by molar-refractivity contribution is -0.00410. The van der Waals surface area contributed by atoms with Crippen molar-refractivity contribution in [2.75, 3.05) is 19.0 Å². The summed E-state index contributed by atoms with van der Waals surface area (Å²) in [5, 5.41) is 2.90. The van der Waals surface area contributed by atoms with Gasteiger partial charge in [-0.05, 0) is 24.7 Å². The van der Waals surface area contributed by atoms with E-state index in [4.69, 9.17) is 11.6 Å². The summed E-state index contributed by atoms with van der Waals surface area (Å²) in [6, 6.07) is 7.95. The molecule has 0 amide bonds. The van der Waals surface area contributed by atoms with Gasteiger partial charge in [0.05, 0.1) is 6.54 Å². The summed E-state index contributed by atoms with van der Waals surface area (Å²) in [5.74, 6) is -2.20. The Labute approximate surface area is 112 Å². The third-order valence-electron chi connectivity index (χ3n) is 3.63. The van der Waals surface area contributed by atoms with E-state index in [2.05, 4.69) is 5.32 Å². The van der Waals surface area contributed by atoms with Gasteiger partial charge >= 0.3 is 0 Å². The van der Waals surface area contributed by atoms with Crippen molar-refractivity contribution in [3.63, 3.8) is 0 Å². The van der Waals surface area contributed by atoms with Gasteiger partial charge in [-0.2, -0.15) is 8.78 Å². The Morgan fingerprint density at radius 2 is 1.89 bits per heavy atom. The topological polar surface area (TPSA) is 12.0 Å². The molecule has 0 unspecified atom stereocenters. The van der Waals surface area contributed by atoms with Crippen LogP contribution >= 0.6 is 11.6 Å². The molecule has 1 aliphatic rings. The molecule has 1 aliphatic carbocycles. The molecule has 1 N–H and O–H groups in total. The number of rotatable bonds is 7. The first-order valence-corrected chi connectivity index (χ1v) is 6.82. The summed E-state index contributed by atoms with van der Waals surface area (Å²) < 4.78 is 27.7. The molecule has 1 nitrogen and oxygen atoms in total. The first-order chi connectivity index (χ1) is 8.58. The maximum atomic E-state index is 13.8. The maximum absolute atomic E-state index is 13.8. The predicted molar refractivity (Wildman–Crippen MR) is 70.2 cm³/mol. The van der Waals surface area contributed by atoms with E-state index in [-0.39, 0.29) is 17.5 Å². The SMILES string of the molecule is FC(F)(CNCC1(CCCl)CC1)c1ccccc1. The van der Waals surface area contributed by atoms with Crippen LogP contribution in [0.2, 0.25) is 0 Å². The second-order valence-corrected chi connectivity index (χ2v) is 5.49. The molecule has 0 aliphatic heterocycles. The summed E-state index contributed by atoms with van der Waals surface area (Å²) in [6.07, 6.45) is 3.12. The van der Waals surface area contributed by atoms with Crippen LogP contribution in [-0.2, 0) is 5.92 Å². The van der Waals surface area contributed by atoms with E-state index in [1.807, 2.05) is 0 Å². The van der Waals surface area contributed by atoms with Crippen molar-refractivity contribution in [3.05, 3.63) is 35.9 Å². The Balaban J connectivity index is 1.83. The largest absolute Gasteiger partial charge is 0.310 e. The molecule has 0 radical (unpaired) electrons. The van der Waals surface area contributed by atoms with Crippen molar-refractivity contribution in [1.82, 2.24) is 5.32 Å². The zero-order valence-electron chi connectivity index (χ0n) is 10.3. The van der Waals surface area contributed by atoms with Crippen molar-refractivity contribution >= 4 is 11.6 Å². The molecule has 0 bridgehead atoms. The van der Waals surface area contributed by atoms with Crippen molar-refractivity contribution in [3.8, 4) is 0 Å². The minimum absolute atomic E-state index is 0.0692. The Kier molecular flexibility index (Phi) is 4.23. The molecule has 1 aromatic rings. The highest BCUT2D eigenvalue weighted by molar-refractivity contribution is 6.17. The van der Waals surface area contributed by atoms with Gasteiger partial charge in [0, 0.05) is 18.0 Å². The second kappa shape index (κ2) is 5.54. The summed E-state index contributed by atoms with van der Waals surface area (Å²) >= 11 is 5.71. The van der Waals surface area contributed by atoms with Gasteiger partial charge in [-0.1, -0.05) is 30.3 Å². The van der Waals surface area contributed by atoms with Gasteiger partial charge in [-0.25, -0.2) is 0 Å². The molecule has 1 saturated carbocycles. The lowest BCUT2D eigenvalue weighted by atomic mass is 10.0. The molecule has 1 fully saturated rings. The van der Waals surface area contributed by atoms with Crippen molar-refractivity contribution in [2.45, 2.75) is 25.2 Å². The number of nitrogens with one attached hydrogen (secondary N) is 1. The second-order valence-electron chi connectivity index (χ2n) is 5.11. The van der Waals surface area contributed by atoms with Crippen LogP contribution in [0, 0.1) is 5.41 Å². The van der Waals surface area contributed by atoms with Crippen LogP contribution < -0.4 is 5.32 Å². The van der Waals surface area contributed by atoms with Gasteiger partial charge in [0.1, 0.15) is 0 Å². The van der Waals surface area contributed by atoms with E-state index in [0.29, 0.717) is 12.4 Å². The summed E-state index contributed by atoms with van der Waals surface area (Å²) in [4.78, 5) is 0. The van der Waals surface area contributed by atoms with Crippen LogP contribution in [0.1, 0.15) is 24.8 Å². The smallest absolute Gasteiger partial charge is 0.285 e. The number of hydrogen-bond donors (Lipinski definition) is 1. The monoisotopic (exact) mass is 273 g/mol. The third kappa shape index (κ3) is 3.42. The van der Waals surface area contributed by atoms with E-state index in [1.165, 1.54) is 12.1 Å². The molecule has 0 aromatic heterocycles. The third-order valence-corrected chi connectivity index (χ3v) is 3.81. The lowest BCUT2D eigenvalue weighted by Crippen LogP contribution is -2.34. The van der Waals surface area contributed by atoms with E-state index in [0.717, 1.165) is 19.3 Å². The summed E-state index contributed by atoms with van der Waals surface area (Å²) in [7, 11) is 0. The van der Waals surface area contributed by atoms with Crippen molar-refractivity contribution in [1.29, 1.82) is 0 Å². The summed E-state index contributed by atoms with van der Waals surface area (Å²) in [6.45, 7) is 0.337. The number of alkyl halides is 3. The first kappa shape index (κ1) is 13.8. The molecular weight excluding hydrogens is 256 g/mol. The predicted octanol–water partition coefficient (Wildman–Crippen LogP) is 3.78. The highest BCUT2D eigenvalue weighted by atomic mass is 35.5. The quantitative estimate of drug-likeness (QED) is 0.746. The Morgan fingerprint density at radius 3 is 2.44 bits per heavy atom. The molecule has 4 heteroatoms. The zero-order chi connectivity index (χ0) is 13.1. The standard InChI is InChI=1S/C14H18ClF2N/c15-9-8-13(6-7-13)10-18-11-14(16,17)12-4-2-1-3-5-12/h1-5,18H,6-11H2. The Morgan fingerprint density at radius 1 is 1.22 bits per heavy atom. The molecule has 1 aromatic carbocycles. The van der Waals surface area contributed by atoms with Crippen LogP contribution in [0.4, 0.5) is 8.78 Å². The fourth-order valence-corrected chi connectivity index (χ4v) is 2.56. The van der Waals surface area contributed by atoms with Gasteiger partial charge in [0.25, 0.3) is 5.92 Å². The van der Waals surface area contributed by atoms with Gasteiger partial charge < -0.3 is 5.32 Å². The van der Waals surface area contributed by atoms with Crippen LogP contribution in [0.3, 0.4) is 0 Å². The van der Waals surface area contributed by atoms with Crippen molar-refractivity contribution in [2.24, 2.45) is 5.41 Å². The number of hydrogen-bond acceptors (Lipinski definition) is 1. The van der Waals surface area contributed by atoms with Gasteiger partial charge in [-0.3, -0.25) is 0 Å². The van der Waals surface area contributed by atoms with E-state index in [1.54, 1.807) is 18.2 Å². The first-order valence-electron chi connectivity index (χ1n) is 6.28. The molecule has 0 atom stereocenters. The van der Waals surface area contributed by atoms with E-state index >= 15 is 0 Å². The fourth-order valence-electron chi connectivity index (χ4n) is 2.16. The minimum Gasteiger partial charge on any atom is -0.310 e. The number of benzene rings is 1. The fraction of sp³-hybridized carbons (Fsp3) is 0.571. The van der Waals surface area contributed by atoms with Crippen molar-refractivity contribution < 1.29 is 8.78 Å². The minimum atomic E-state index is -2.81. The van der Waals surface area contributed by atoms with Crippen LogP contribution in [0.15, 0.2) is 30.3 Å². The zero-order valence-corrected chi connectivity index (χ0v) is 11.0. The highest BCUT2D eigenvalue weighted by Crippen LogP contribution is 2.48. The van der Waals surface area contributed by atoms with Crippen LogP contribution in [-0.4, -0.2) is 19.0 Å². The number of halogens is 3. The molecule has 0 spiro atoms. The van der Waals surface area contributed by atoms with E-state index in [9.17, 15) is 8.78 Å². The van der Waals surface area contributed by atoms with Gasteiger partial charge in [-0.15, -0.1) is 11.6 Å². The summed E-state index contributed by atoms with van der Waals surface area (Å²) in [5.41, 5.74) is 0.258. The van der Waals surface area contributed by atoms with E-state index < -0.39 is 5.92 Å². The Bertz CT molecular complexity index is 377. The van der Waals surface area contributed by atoms with Gasteiger partial charge in [0.2, 0.25) is 0 Å². The Hall–Kier alpha value is -0.670. The lowest BCUT2D eigenvalue weighted by Gasteiger charge is -2.20. The van der Waals surface area contributed by atoms with Gasteiger partial charge in [0.15, 0.2) is 0 Å². The molecule has 0 saturated heterocycles. The highest BCUT2D eigenvalue weighted by Gasteiger charge is 2.42. The average molecular weight is 274 g/mol. The molecular formula is C14H18ClF2N. The van der Waals surface area contributed by atoms with Crippen LogP contribution in [0.25, 0.3) is 0 Å². The maximum Gasteiger partial charge on any atom is 0.285 e.